The molecule has 0 bridgehead atoms. The van der Waals surface area contributed by atoms with Gasteiger partial charge < -0.3 is 0 Å². The van der Waals surface area contributed by atoms with E-state index in [-0.39, 0.29) is 22.6 Å². The molecule has 0 fully saturated rings. The van der Waals surface area contributed by atoms with E-state index in [9.17, 15) is 13.2 Å². The maximum atomic E-state index is 14.7. The van der Waals surface area contributed by atoms with Gasteiger partial charge >= 0.3 is 0 Å². The van der Waals surface area contributed by atoms with Crippen LogP contribution in [0.5, 0.6) is 0 Å². The second-order valence-electron chi connectivity index (χ2n) is 6.17. The van der Waals surface area contributed by atoms with Crippen LogP contribution in [-0.2, 0) is 5.54 Å². The lowest BCUT2D eigenvalue weighted by molar-refractivity contribution is -0.763. The predicted molar refractivity (Wildman–Crippen MR) is 83.5 cm³/mol. The fourth-order valence-corrected chi connectivity index (χ4v) is 4.34. The molecule has 0 spiro atoms. The molecule has 1 aliphatic rings. The van der Waals surface area contributed by atoms with Crippen molar-refractivity contribution in [2.45, 2.75) is 51.5 Å². The largest absolute Gasteiger partial charge is 0.216 e. The summed E-state index contributed by atoms with van der Waals surface area (Å²) in [5, 5.41) is 0. The molecule has 2 heterocycles. The highest BCUT2D eigenvalue weighted by atomic mass is 19.2. The third kappa shape index (κ3) is 2.03. The van der Waals surface area contributed by atoms with Crippen LogP contribution in [0.2, 0.25) is 0 Å². The first kappa shape index (κ1) is 16.0. The number of hydrogen-bond acceptors (Lipinski definition) is 0. The Morgan fingerprint density at radius 2 is 1.74 bits per heavy atom. The van der Waals surface area contributed by atoms with E-state index in [1.54, 1.807) is 12.1 Å². The second kappa shape index (κ2) is 5.66. The van der Waals surface area contributed by atoms with Crippen LogP contribution in [0.15, 0.2) is 30.5 Å². The quantitative estimate of drug-likeness (QED) is 0.548. The minimum Gasteiger partial charge on any atom is -0.206 e. The van der Waals surface area contributed by atoms with Crippen molar-refractivity contribution in [1.29, 1.82) is 0 Å². The number of benzene rings is 1. The van der Waals surface area contributed by atoms with Gasteiger partial charge in [0.15, 0.2) is 23.4 Å². The summed E-state index contributed by atoms with van der Waals surface area (Å²) in [6.07, 6.45) is 4.08. The number of aromatic nitrogens is 1. The normalized spacial score (nSPS) is 18.4. The molecule has 1 unspecified atom stereocenters. The van der Waals surface area contributed by atoms with E-state index >= 15 is 0 Å². The van der Waals surface area contributed by atoms with Gasteiger partial charge in [-0.05, 0) is 12.5 Å². The fraction of sp³-hybridized carbons (Fsp3) is 0.421. The molecule has 0 aliphatic carbocycles. The molecule has 0 saturated carbocycles. The molecule has 0 amide bonds. The van der Waals surface area contributed by atoms with Crippen LogP contribution in [0.1, 0.15) is 51.5 Å². The smallest absolute Gasteiger partial charge is 0.206 e. The number of nitrogens with zero attached hydrogens (tertiary/aromatic N) is 1. The highest BCUT2D eigenvalue weighted by Crippen LogP contribution is 2.48. The van der Waals surface area contributed by atoms with E-state index in [1.165, 1.54) is 0 Å². The lowest BCUT2D eigenvalue weighted by Gasteiger charge is -2.39. The van der Waals surface area contributed by atoms with E-state index in [0.717, 1.165) is 12.8 Å². The van der Waals surface area contributed by atoms with Crippen LogP contribution in [-0.4, -0.2) is 0 Å². The van der Waals surface area contributed by atoms with E-state index in [1.807, 2.05) is 19.2 Å². The Morgan fingerprint density at radius 3 is 2.35 bits per heavy atom. The van der Waals surface area contributed by atoms with Gasteiger partial charge in [0.25, 0.3) is 0 Å². The Balaban J connectivity index is 2.48. The van der Waals surface area contributed by atoms with Crippen LogP contribution >= 0.6 is 0 Å². The molecule has 122 valence electrons. The standard InChI is InChI=1S/C19H21F3N/c1-4-12-16-17(13(20)11-14(21)18(16)22)15-9-7-8-10-23(15)19(12,5-2)6-3/h7-12H,4-6H2,1-3H3/q+1. The van der Waals surface area contributed by atoms with Crippen molar-refractivity contribution in [3.05, 3.63) is 53.5 Å². The molecule has 1 aromatic carbocycles. The first-order valence-corrected chi connectivity index (χ1v) is 8.20. The Labute approximate surface area is 134 Å². The van der Waals surface area contributed by atoms with E-state index < -0.39 is 17.5 Å². The molecule has 0 N–H and O–H groups in total. The minimum absolute atomic E-state index is 0.194. The molecule has 1 nitrogen and oxygen atoms in total. The van der Waals surface area contributed by atoms with Gasteiger partial charge in [-0.3, -0.25) is 0 Å². The maximum Gasteiger partial charge on any atom is 0.216 e. The second-order valence-corrected chi connectivity index (χ2v) is 6.17. The summed E-state index contributed by atoms with van der Waals surface area (Å²) in [4.78, 5) is 0. The summed E-state index contributed by atoms with van der Waals surface area (Å²) in [6, 6.07) is 6.14. The van der Waals surface area contributed by atoms with Crippen molar-refractivity contribution in [1.82, 2.24) is 0 Å². The van der Waals surface area contributed by atoms with Crippen LogP contribution in [0.25, 0.3) is 11.3 Å². The zero-order chi connectivity index (χ0) is 16.8. The molecule has 0 saturated heterocycles. The molecule has 23 heavy (non-hydrogen) atoms. The number of hydrogen-bond donors (Lipinski definition) is 0. The van der Waals surface area contributed by atoms with Gasteiger partial charge in [0.05, 0.1) is 11.5 Å². The SMILES string of the molecule is CCC1c2c(F)c(F)cc(F)c2-c2cccc[n+]2C1(CC)CC. The molecule has 4 heteroatoms. The Kier molecular flexibility index (Phi) is 3.95. The zero-order valence-corrected chi connectivity index (χ0v) is 13.7. The number of rotatable bonds is 3. The maximum absolute atomic E-state index is 14.7. The fourth-order valence-electron chi connectivity index (χ4n) is 4.34. The summed E-state index contributed by atoms with van der Waals surface area (Å²) in [7, 11) is 0. The molecule has 1 atom stereocenters. The molecular formula is C19H21F3N+. The monoisotopic (exact) mass is 320 g/mol. The summed E-state index contributed by atoms with van der Waals surface area (Å²) in [5.74, 6) is -2.98. The van der Waals surface area contributed by atoms with Gasteiger partial charge in [0.2, 0.25) is 5.69 Å². The van der Waals surface area contributed by atoms with Gasteiger partial charge in [-0.1, -0.05) is 20.8 Å². The van der Waals surface area contributed by atoms with Gasteiger partial charge in [-0.2, -0.15) is 4.57 Å². The molecule has 3 rings (SSSR count). The number of fused-ring (bicyclic) bond motifs is 3. The average molecular weight is 320 g/mol. The first-order chi connectivity index (χ1) is 11.0. The van der Waals surface area contributed by atoms with Crippen molar-refractivity contribution in [3.8, 4) is 11.3 Å². The summed E-state index contributed by atoms with van der Waals surface area (Å²) in [6.45, 7) is 6.05. The molecule has 1 aromatic heterocycles. The minimum atomic E-state index is -1.11. The molecular weight excluding hydrogens is 299 g/mol. The molecule has 0 radical (unpaired) electrons. The van der Waals surface area contributed by atoms with Crippen LogP contribution in [0.4, 0.5) is 13.2 Å². The summed E-state index contributed by atoms with van der Waals surface area (Å²) >= 11 is 0. The van der Waals surface area contributed by atoms with E-state index in [4.69, 9.17) is 0 Å². The lowest BCUT2D eigenvalue weighted by atomic mass is 9.69. The van der Waals surface area contributed by atoms with Crippen LogP contribution < -0.4 is 4.57 Å². The summed E-state index contributed by atoms with van der Waals surface area (Å²) in [5.41, 5.74) is 0.639. The van der Waals surface area contributed by atoms with Crippen LogP contribution in [0, 0.1) is 17.5 Å². The Bertz CT molecular complexity index is 751. The Morgan fingerprint density at radius 1 is 1.04 bits per heavy atom. The van der Waals surface area contributed by atoms with Crippen molar-refractivity contribution < 1.29 is 17.7 Å². The van der Waals surface area contributed by atoms with Gasteiger partial charge in [-0.15, -0.1) is 0 Å². The molecule has 1 aliphatic heterocycles. The van der Waals surface area contributed by atoms with Crippen molar-refractivity contribution >= 4 is 0 Å². The van der Waals surface area contributed by atoms with Crippen LogP contribution in [0.3, 0.4) is 0 Å². The summed E-state index contributed by atoms with van der Waals surface area (Å²) < 4.78 is 45.2. The zero-order valence-electron chi connectivity index (χ0n) is 13.7. The number of pyridine rings is 1. The highest BCUT2D eigenvalue weighted by molar-refractivity contribution is 5.65. The first-order valence-electron chi connectivity index (χ1n) is 8.20. The number of halogens is 3. The lowest BCUT2D eigenvalue weighted by Crippen LogP contribution is -2.62. The predicted octanol–water partition coefficient (Wildman–Crippen LogP) is 5.08. The van der Waals surface area contributed by atoms with Gasteiger partial charge in [-0.25, -0.2) is 13.2 Å². The van der Waals surface area contributed by atoms with Gasteiger partial charge in [0, 0.05) is 36.6 Å². The van der Waals surface area contributed by atoms with E-state index in [0.29, 0.717) is 18.2 Å². The highest BCUT2D eigenvalue weighted by Gasteiger charge is 2.52. The third-order valence-corrected chi connectivity index (χ3v) is 5.43. The Hall–Kier alpha value is -1.84. The average Bonchev–Trinajstić information content (AvgIpc) is 2.57. The van der Waals surface area contributed by atoms with Crippen molar-refractivity contribution in [2.24, 2.45) is 0 Å². The van der Waals surface area contributed by atoms with Crippen molar-refractivity contribution in [2.75, 3.05) is 0 Å². The topological polar surface area (TPSA) is 3.88 Å². The van der Waals surface area contributed by atoms with Gasteiger partial charge in [0.1, 0.15) is 5.82 Å². The van der Waals surface area contributed by atoms with Crippen molar-refractivity contribution in [3.63, 3.8) is 0 Å². The van der Waals surface area contributed by atoms with E-state index in [2.05, 4.69) is 18.4 Å². The molecule has 2 aromatic rings. The third-order valence-electron chi connectivity index (χ3n) is 5.43.